The minimum absolute atomic E-state index is 0.107. The standard InChI is InChI=1S/C34H39ClFN7O2/c1-23(20-40(3)25-12-13-25)45-34-38-29-22-41(30-10-5-8-24-7-4-9-28(35)32(24)30)16-14-27(29)33(39-34)42-17-18-43(26(21-42)19-37-2)31(44)11-6-15-36/h4-11,23,25-26H,12-22H2,1,3H3/b11-6+/t23-,26-/m0/s1. The number of rotatable bonds is 10. The van der Waals surface area contributed by atoms with Crippen molar-refractivity contribution in [1.29, 1.82) is 0 Å². The Bertz CT molecular complexity index is 1620. The highest BCUT2D eigenvalue weighted by Gasteiger charge is 2.35. The number of amides is 1. The fourth-order valence-corrected chi connectivity index (χ4v) is 6.85. The summed E-state index contributed by atoms with van der Waals surface area (Å²) >= 11 is 6.71. The first-order valence-corrected chi connectivity index (χ1v) is 16.0. The third-order valence-corrected chi connectivity index (χ3v) is 9.25. The van der Waals surface area contributed by atoms with Gasteiger partial charge in [0.25, 0.3) is 0 Å². The molecule has 0 spiro atoms. The maximum absolute atomic E-state index is 12.8. The number of nitrogens with zero attached hydrogens (tertiary/aromatic N) is 7. The molecule has 0 radical (unpaired) electrons. The molecule has 3 aliphatic rings. The number of fused-ring (bicyclic) bond motifs is 2. The molecule has 3 aromatic rings. The molecular weight excluding hydrogens is 593 g/mol. The van der Waals surface area contributed by atoms with Gasteiger partial charge in [0.05, 0.1) is 17.3 Å². The van der Waals surface area contributed by atoms with Crippen LogP contribution in [0.1, 0.15) is 31.0 Å². The van der Waals surface area contributed by atoms with Crippen molar-refractivity contribution in [1.82, 2.24) is 19.8 Å². The van der Waals surface area contributed by atoms with Gasteiger partial charge in [-0.3, -0.25) is 9.69 Å². The Hall–Kier alpha value is -3.94. The molecule has 6 rings (SSSR count). The molecular formula is C34H39ClFN7O2. The highest BCUT2D eigenvalue weighted by Crippen LogP contribution is 2.37. The van der Waals surface area contributed by atoms with Gasteiger partial charge in [0.15, 0.2) is 0 Å². The lowest BCUT2D eigenvalue weighted by molar-refractivity contribution is -0.128. The van der Waals surface area contributed by atoms with E-state index in [0.29, 0.717) is 38.2 Å². The molecule has 11 heteroatoms. The first-order valence-electron chi connectivity index (χ1n) is 15.7. The summed E-state index contributed by atoms with van der Waals surface area (Å²) in [6.45, 7) is 12.5. The van der Waals surface area contributed by atoms with Crippen LogP contribution in [0.3, 0.4) is 0 Å². The third-order valence-electron chi connectivity index (χ3n) is 8.93. The molecule has 0 N–H and O–H groups in total. The monoisotopic (exact) mass is 631 g/mol. The number of ether oxygens (including phenoxy) is 1. The average molecular weight is 632 g/mol. The zero-order valence-electron chi connectivity index (χ0n) is 25.8. The first kappa shape index (κ1) is 31.1. The summed E-state index contributed by atoms with van der Waals surface area (Å²) < 4.78 is 19.1. The molecule has 1 aromatic heterocycles. The number of hydrogen-bond acceptors (Lipinski definition) is 7. The molecule has 2 aliphatic heterocycles. The number of piperazine rings is 1. The smallest absolute Gasteiger partial charge is 0.318 e. The van der Waals surface area contributed by atoms with E-state index < -0.39 is 6.67 Å². The minimum atomic E-state index is -0.702. The van der Waals surface area contributed by atoms with E-state index in [1.807, 2.05) is 19.1 Å². The van der Waals surface area contributed by atoms with Crippen LogP contribution < -0.4 is 14.5 Å². The Morgan fingerprint density at radius 3 is 2.76 bits per heavy atom. The zero-order valence-corrected chi connectivity index (χ0v) is 26.6. The Labute approximate surface area is 269 Å². The van der Waals surface area contributed by atoms with Gasteiger partial charge >= 0.3 is 6.01 Å². The maximum atomic E-state index is 12.8. The number of alkyl halides is 1. The molecule has 3 heterocycles. The highest BCUT2D eigenvalue weighted by atomic mass is 35.5. The van der Waals surface area contributed by atoms with Crippen LogP contribution in [0, 0.1) is 6.57 Å². The Kier molecular flexibility index (Phi) is 9.38. The molecule has 0 bridgehead atoms. The Balaban J connectivity index is 1.32. The minimum Gasteiger partial charge on any atom is -0.459 e. The summed E-state index contributed by atoms with van der Waals surface area (Å²) in [6.07, 6.45) is 5.53. The average Bonchev–Trinajstić information content (AvgIpc) is 3.89. The van der Waals surface area contributed by atoms with Gasteiger partial charge in [-0.1, -0.05) is 35.9 Å². The molecule has 1 aliphatic carbocycles. The Morgan fingerprint density at radius 2 is 2.00 bits per heavy atom. The Morgan fingerprint density at radius 1 is 1.20 bits per heavy atom. The van der Waals surface area contributed by atoms with Crippen LogP contribution in [0.5, 0.6) is 6.01 Å². The van der Waals surface area contributed by atoms with Gasteiger partial charge in [0.2, 0.25) is 12.5 Å². The second-order valence-corrected chi connectivity index (χ2v) is 12.6. The molecule has 2 aromatic carbocycles. The second-order valence-electron chi connectivity index (χ2n) is 12.2. The van der Waals surface area contributed by atoms with Crippen molar-refractivity contribution < 1.29 is 13.9 Å². The molecule has 9 nitrogen and oxygen atoms in total. The van der Waals surface area contributed by atoms with Crippen LogP contribution in [0.15, 0.2) is 48.6 Å². The van der Waals surface area contributed by atoms with E-state index in [0.717, 1.165) is 58.1 Å². The largest absolute Gasteiger partial charge is 0.459 e. The maximum Gasteiger partial charge on any atom is 0.318 e. The summed E-state index contributed by atoms with van der Waals surface area (Å²) in [4.78, 5) is 34.9. The van der Waals surface area contributed by atoms with Crippen molar-refractivity contribution in [3.63, 3.8) is 0 Å². The number of allylic oxidation sites excluding steroid dienone is 1. The quantitative estimate of drug-likeness (QED) is 0.226. The van der Waals surface area contributed by atoms with E-state index in [-0.39, 0.29) is 24.6 Å². The van der Waals surface area contributed by atoms with Gasteiger partial charge in [-0.25, -0.2) is 11.0 Å². The number of anilines is 2. The van der Waals surface area contributed by atoms with E-state index in [2.05, 4.69) is 50.9 Å². The SMILES string of the molecule is [C-]#[N+]C[C@H]1CN(c2nc(O[C@@H](C)CN(C)C3CC3)nc3c2CCN(c2cccc4cccc(Cl)c24)C3)CCN1C(=O)/C=C/CF. The van der Waals surface area contributed by atoms with Gasteiger partial charge in [-0.05, 0) is 56.8 Å². The van der Waals surface area contributed by atoms with Gasteiger partial charge in [-0.15, -0.1) is 0 Å². The van der Waals surface area contributed by atoms with E-state index in [1.165, 1.54) is 25.0 Å². The van der Waals surface area contributed by atoms with E-state index in [1.54, 1.807) is 4.90 Å². The van der Waals surface area contributed by atoms with Crippen molar-refractivity contribution >= 4 is 39.8 Å². The van der Waals surface area contributed by atoms with Crippen molar-refractivity contribution in [2.75, 3.05) is 62.8 Å². The summed E-state index contributed by atoms with van der Waals surface area (Å²) in [5.41, 5.74) is 3.03. The van der Waals surface area contributed by atoms with E-state index >= 15 is 0 Å². The molecule has 1 saturated heterocycles. The number of aromatic nitrogens is 2. The predicted octanol–water partition coefficient (Wildman–Crippen LogP) is 5.17. The highest BCUT2D eigenvalue weighted by molar-refractivity contribution is 6.36. The van der Waals surface area contributed by atoms with Gasteiger partial charge in [-0.2, -0.15) is 9.97 Å². The molecule has 1 saturated carbocycles. The van der Waals surface area contributed by atoms with E-state index in [9.17, 15) is 9.18 Å². The van der Waals surface area contributed by atoms with Crippen LogP contribution in [-0.2, 0) is 17.8 Å². The van der Waals surface area contributed by atoms with Gasteiger partial charge in [0.1, 0.15) is 24.6 Å². The van der Waals surface area contributed by atoms with Crippen LogP contribution in [0.2, 0.25) is 5.02 Å². The van der Waals surface area contributed by atoms with Gasteiger partial charge in [0, 0.05) is 61.5 Å². The van der Waals surface area contributed by atoms with E-state index in [4.69, 9.17) is 32.9 Å². The molecule has 236 valence electrons. The van der Waals surface area contributed by atoms with Crippen LogP contribution in [-0.4, -0.2) is 96.9 Å². The first-order chi connectivity index (χ1) is 21.9. The van der Waals surface area contributed by atoms with Crippen molar-refractivity contribution in [2.45, 2.75) is 50.9 Å². The lowest BCUT2D eigenvalue weighted by Crippen LogP contribution is -2.56. The summed E-state index contributed by atoms with van der Waals surface area (Å²) in [5.74, 6) is 0.530. The normalized spacial score (nSPS) is 19.2. The molecule has 45 heavy (non-hydrogen) atoms. The van der Waals surface area contributed by atoms with Crippen LogP contribution in [0.25, 0.3) is 15.6 Å². The topological polar surface area (TPSA) is 69.4 Å². The second kappa shape index (κ2) is 13.6. The molecule has 2 fully saturated rings. The summed E-state index contributed by atoms with van der Waals surface area (Å²) in [5, 5.41) is 2.83. The van der Waals surface area contributed by atoms with Crippen molar-refractivity contribution in [3.05, 3.63) is 76.2 Å². The lowest BCUT2D eigenvalue weighted by Gasteiger charge is -2.41. The number of carbonyl (C=O) groups excluding carboxylic acids is 1. The summed E-state index contributed by atoms with van der Waals surface area (Å²) in [7, 11) is 2.13. The van der Waals surface area contributed by atoms with Crippen molar-refractivity contribution in [3.8, 4) is 6.01 Å². The fraction of sp³-hybridized carbons (Fsp3) is 0.471. The third kappa shape index (κ3) is 6.85. The number of carbonyl (C=O) groups is 1. The number of likely N-dealkylation sites (N-methyl/N-ethyl adjacent to an activating group) is 1. The summed E-state index contributed by atoms with van der Waals surface area (Å²) in [6, 6.07) is 12.8. The number of benzene rings is 2. The predicted molar refractivity (Wildman–Crippen MR) is 176 cm³/mol. The molecule has 0 unspecified atom stereocenters. The van der Waals surface area contributed by atoms with Crippen molar-refractivity contribution in [2.24, 2.45) is 0 Å². The fourth-order valence-electron chi connectivity index (χ4n) is 6.58. The number of halogens is 2. The number of hydrogen-bond donors (Lipinski definition) is 0. The molecule has 2 atom stereocenters. The van der Waals surface area contributed by atoms with Crippen LogP contribution >= 0.6 is 11.6 Å². The zero-order chi connectivity index (χ0) is 31.5. The molecule has 1 amide bonds. The van der Waals surface area contributed by atoms with Crippen LogP contribution in [0.4, 0.5) is 15.9 Å². The lowest BCUT2D eigenvalue weighted by atomic mass is 10.0. The van der Waals surface area contributed by atoms with Gasteiger partial charge < -0.3 is 24.3 Å².